The largest absolute Gasteiger partial charge is 0.461 e. The van der Waals surface area contributed by atoms with E-state index in [0.29, 0.717) is 6.07 Å². The van der Waals surface area contributed by atoms with Crippen molar-refractivity contribution < 1.29 is 36.3 Å². The van der Waals surface area contributed by atoms with E-state index < -0.39 is 43.1 Å². The molecular weight excluding hydrogens is 528 g/mol. The number of alkyl halides is 3. The number of nitrogens with one attached hydrogen (secondary N) is 1. The lowest BCUT2D eigenvalue weighted by molar-refractivity contribution is -0.143. The summed E-state index contributed by atoms with van der Waals surface area (Å²) in [5.74, 6) is -0.696. The number of imidazole rings is 1. The van der Waals surface area contributed by atoms with Gasteiger partial charge in [-0.2, -0.15) is 13.2 Å². The van der Waals surface area contributed by atoms with Crippen molar-refractivity contribution in [3.63, 3.8) is 0 Å². The molecule has 0 aliphatic heterocycles. The quantitative estimate of drug-likeness (QED) is 0.250. The van der Waals surface area contributed by atoms with Crippen LogP contribution in [0.4, 0.5) is 24.8 Å². The topological polar surface area (TPSA) is 114 Å². The fourth-order valence-corrected chi connectivity index (χ4v) is 5.83. The van der Waals surface area contributed by atoms with E-state index in [-0.39, 0.29) is 41.1 Å². The molecule has 0 unspecified atom stereocenters. The molecule has 0 radical (unpaired) electrons. The molecule has 10 nitrogen and oxygen atoms in total. The third-order valence-corrected chi connectivity index (χ3v) is 7.27. The van der Waals surface area contributed by atoms with Gasteiger partial charge in [0.2, 0.25) is 5.95 Å². The first kappa shape index (κ1) is 29.4. The molecule has 38 heavy (non-hydrogen) atoms. The summed E-state index contributed by atoms with van der Waals surface area (Å²) in [5.41, 5.74) is -1.69. The van der Waals surface area contributed by atoms with E-state index in [1.807, 2.05) is 0 Å². The number of benzene rings is 1. The minimum Gasteiger partial charge on any atom is -0.461 e. The SMILES string of the molecule is CCOC(=O)c1cn(CP(=O)(OC(C)C)OC(C)C)c(Nc2ccc3c(=O)cc(C(F)(F)F)n(C)c3c2)n1. The maximum Gasteiger partial charge on any atom is 0.431 e. The highest BCUT2D eigenvalue weighted by molar-refractivity contribution is 7.52. The molecule has 0 bridgehead atoms. The normalized spacial score (nSPS) is 12.5. The monoisotopic (exact) mass is 558 g/mol. The molecule has 1 N–H and O–H groups in total. The molecule has 2 heterocycles. The molecule has 0 spiro atoms. The van der Waals surface area contributed by atoms with E-state index in [1.54, 1.807) is 34.6 Å². The van der Waals surface area contributed by atoms with Crippen molar-refractivity contribution in [2.75, 3.05) is 11.9 Å². The second-order valence-electron chi connectivity index (χ2n) is 9.01. The predicted octanol–water partition coefficient (Wildman–Crippen LogP) is 5.67. The van der Waals surface area contributed by atoms with Crippen molar-refractivity contribution >= 4 is 36.1 Å². The van der Waals surface area contributed by atoms with Gasteiger partial charge >= 0.3 is 19.7 Å². The highest BCUT2D eigenvalue weighted by Crippen LogP contribution is 2.52. The van der Waals surface area contributed by atoms with Crippen molar-refractivity contribution in [3.8, 4) is 0 Å². The number of halogens is 3. The summed E-state index contributed by atoms with van der Waals surface area (Å²) in [6.45, 7) is 8.51. The number of nitrogens with zero attached hydrogens (tertiary/aromatic N) is 3. The van der Waals surface area contributed by atoms with Gasteiger partial charge in [-0.3, -0.25) is 9.36 Å². The Bertz CT molecular complexity index is 1420. The Kier molecular flexibility index (Phi) is 8.75. The molecule has 3 rings (SSSR count). The number of carbonyl (C=O) groups excluding carboxylic acids is 1. The van der Waals surface area contributed by atoms with Crippen LogP contribution in [0.3, 0.4) is 0 Å². The van der Waals surface area contributed by atoms with Crippen molar-refractivity contribution in [1.29, 1.82) is 0 Å². The first-order valence-electron chi connectivity index (χ1n) is 11.8. The van der Waals surface area contributed by atoms with Crippen LogP contribution in [0.15, 0.2) is 35.3 Å². The van der Waals surface area contributed by atoms with E-state index in [2.05, 4.69) is 10.3 Å². The number of aromatic nitrogens is 3. The van der Waals surface area contributed by atoms with E-state index in [9.17, 15) is 27.3 Å². The fraction of sp³-hybridized carbons (Fsp3) is 0.458. The molecule has 0 atom stereocenters. The number of anilines is 2. The molecule has 0 fully saturated rings. The third-order valence-electron chi connectivity index (χ3n) is 5.13. The molecule has 14 heteroatoms. The predicted molar refractivity (Wildman–Crippen MR) is 136 cm³/mol. The number of aryl methyl sites for hydroxylation is 1. The summed E-state index contributed by atoms with van der Waals surface area (Å²) in [6.07, 6.45) is -4.60. The van der Waals surface area contributed by atoms with Crippen LogP contribution >= 0.6 is 7.60 Å². The van der Waals surface area contributed by atoms with Crippen LogP contribution in [0, 0.1) is 0 Å². The second-order valence-corrected chi connectivity index (χ2v) is 10.9. The van der Waals surface area contributed by atoms with Gasteiger partial charge in [0.25, 0.3) is 0 Å². The van der Waals surface area contributed by atoms with Crippen molar-refractivity contribution in [1.82, 2.24) is 14.1 Å². The maximum atomic E-state index is 13.5. The lowest BCUT2D eigenvalue weighted by Crippen LogP contribution is -2.19. The number of rotatable bonds is 10. The van der Waals surface area contributed by atoms with Gasteiger partial charge in [-0.1, -0.05) is 0 Å². The molecule has 0 amide bonds. The van der Waals surface area contributed by atoms with Crippen LogP contribution in [0.2, 0.25) is 0 Å². The molecule has 1 aromatic carbocycles. The Morgan fingerprint density at radius 2 is 1.76 bits per heavy atom. The molecule has 0 saturated heterocycles. The summed E-state index contributed by atoms with van der Waals surface area (Å²) in [4.78, 5) is 28.9. The summed E-state index contributed by atoms with van der Waals surface area (Å²) in [7, 11) is -2.53. The average Bonchev–Trinajstić information content (AvgIpc) is 3.16. The van der Waals surface area contributed by atoms with Crippen molar-refractivity contribution in [2.24, 2.45) is 7.05 Å². The van der Waals surface area contributed by atoms with Gasteiger partial charge in [-0.05, 0) is 52.8 Å². The van der Waals surface area contributed by atoms with Crippen molar-refractivity contribution in [2.45, 2.75) is 59.3 Å². The van der Waals surface area contributed by atoms with Gasteiger partial charge < -0.3 is 28.2 Å². The van der Waals surface area contributed by atoms with Gasteiger partial charge in [0.1, 0.15) is 12.0 Å². The molecule has 3 aromatic rings. The molecule has 2 aromatic heterocycles. The zero-order chi connectivity index (χ0) is 28.4. The smallest absolute Gasteiger partial charge is 0.431 e. The Morgan fingerprint density at radius 1 is 1.13 bits per heavy atom. The van der Waals surface area contributed by atoms with E-state index in [4.69, 9.17) is 13.8 Å². The summed E-state index contributed by atoms with van der Waals surface area (Å²) in [5, 5.41) is 3.02. The van der Waals surface area contributed by atoms with E-state index in [1.165, 1.54) is 36.0 Å². The van der Waals surface area contributed by atoms with Gasteiger partial charge in [-0.15, -0.1) is 0 Å². The summed E-state index contributed by atoms with van der Waals surface area (Å²) >= 11 is 0. The number of ether oxygens (including phenoxy) is 1. The molecule has 0 saturated carbocycles. The van der Waals surface area contributed by atoms with Gasteiger partial charge in [0, 0.05) is 30.4 Å². The zero-order valence-corrected chi connectivity index (χ0v) is 22.7. The number of esters is 1. The summed E-state index contributed by atoms with van der Waals surface area (Å²) < 4.78 is 72.3. The highest BCUT2D eigenvalue weighted by Gasteiger charge is 2.34. The first-order valence-corrected chi connectivity index (χ1v) is 13.5. The first-order chi connectivity index (χ1) is 17.6. The van der Waals surface area contributed by atoms with Crippen LogP contribution in [-0.2, 0) is 37.9 Å². The summed E-state index contributed by atoms with van der Waals surface area (Å²) in [6, 6.07) is 4.77. The Hall–Kier alpha value is -3.15. The fourth-order valence-electron chi connectivity index (χ4n) is 3.77. The van der Waals surface area contributed by atoms with Crippen LogP contribution in [0.25, 0.3) is 10.9 Å². The Labute approximate surface area is 217 Å². The van der Waals surface area contributed by atoms with Crippen LogP contribution < -0.4 is 10.7 Å². The zero-order valence-electron chi connectivity index (χ0n) is 21.8. The van der Waals surface area contributed by atoms with Gasteiger partial charge in [0.05, 0.1) is 24.3 Å². The molecule has 208 valence electrons. The minimum absolute atomic E-state index is 0.0236. The van der Waals surface area contributed by atoms with E-state index >= 15 is 0 Å². The highest BCUT2D eigenvalue weighted by atomic mass is 31.2. The van der Waals surface area contributed by atoms with Crippen LogP contribution in [0.5, 0.6) is 0 Å². The number of hydrogen-bond donors (Lipinski definition) is 1. The third kappa shape index (κ3) is 6.83. The van der Waals surface area contributed by atoms with Crippen LogP contribution in [-0.4, -0.2) is 38.9 Å². The number of fused-ring (bicyclic) bond motifs is 1. The van der Waals surface area contributed by atoms with Crippen LogP contribution in [0.1, 0.15) is 50.8 Å². The Morgan fingerprint density at radius 3 is 2.32 bits per heavy atom. The lowest BCUT2D eigenvalue weighted by atomic mass is 10.1. The number of hydrogen-bond acceptors (Lipinski definition) is 8. The molecule has 0 aliphatic carbocycles. The standard InChI is InChI=1S/C24H30F3N4O6P/c1-7-35-22(33)18-12-31(13-38(34,36-14(2)3)37-15(4)5)23(29-18)28-16-8-9-17-19(10-16)30(6)21(11-20(17)32)24(25,26)27/h8-12,14-15H,7,13H2,1-6H3,(H,28,29). The number of carbonyl (C=O) groups is 1. The van der Waals surface area contributed by atoms with Gasteiger partial charge in [-0.25, -0.2) is 9.78 Å². The second kappa shape index (κ2) is 11.3. The molecule has 0 aliphatic rings. The Balaban J connectivity index is 2.09. The lowest BCUT2D eigenvalue weighted by Gasteiger charge is -2.23. The minimum atomic E-state index is -4.73. The van der Waals surface area contributed by atoms with Crippen molar-refractivity contribution in [3.05, 3.63) is 52.1 Å². The maximum absolute atomic E-state index is 13.5. The van der Waals surface area contributed by atoms with Gasteiger partial charge in [0.15, 0.2) is 11.1 Å². The average molecular weight is 558 g/mol. The number of pyridine rings is 1. The molecular formula is C24H30F3N4O6P. The van der Waals surface area contributed by atoms with E-state index in [0.717, 1.165) is 4.57 Å².